The number of nitrogens with one attached hydrogen (secondary N) is 1. The van der Waals surface area contributed by atoms with Crippen molar-refractivity contribution in [3.8, 4) is 0 Å². The van der Waals surface area contributed by atoms with Gasteiger partial charge in [-0.2, -0.15) is 0 Å². The van der Waals surface area contributed by atoms with Gasteiger partial charge in [0.15, 0.2) is 0 Å². The summed E-state index contributed by atoms with van der Waals surface area (Å²) in [6, 6.07) is 7.32. The predicted molar refractivity (Wildman–Crippen MR) is 72.0 cm³/mol. The van der Waals surface area contributed by atoms with Crippen LogP contribution in [0.2, 0.25) is 0 Å². The molecule has 0 aromatic heterocycles. The lowest BCUT2D eigenvalue weighted by Crippen LogP contribution is -2.41. The summed E-state index contributed by atoms with van der Waals surface area (Å²) in [5.74, 6) is -0.985. The second kappa shape index (κ2) is 5.43. The summed E-state index contributed by atoms with van der Waals surface area (Å²) < 4.78 is 0. The van der Waals surface area contributed by atoms with Gasteiger partial charge < -0.3 is 10.4 Å². The molecule has 1 aromatic rings. The highest BCUT2D eigenvalue weighted by Crippen LogP contribution is 2.37. The van der Waals surface area contributed by atoms with Crippen molar-refractivity contribution in [1.82, 2.24) is 5.32 Å². The van der Waals surface area contributed by atoms with Gasteiger partial charge in [-0.15, -0.1) is 0 Å². The minimum Gasteiger partial charge on any atom is -0.481 e. The second-order valence-corrected chi connectivity index (χ2v) is 5.29. The number of carboxylic acids is 1. The van der Waals surface area contributed by atoms with Crippen LogP contribution >= 0.6 is 0 Å². The number of aliphatic carboxylic acids is 1. The largest absolute Gasteiger partial charge is 0.481 e. The summed E-state index contributed by atoms with van der Waals surface area (Å²) in [7, 11) is 0. The van der Waals surface area contributed by atoms with Crippen LogP contribution in [0.1, 0.15) is 41.6 Å². The van der Waals surface area contributed by atoms with Crippen LogP contribution < -0.4 is 5.32 Å². The average molecular weight is 261 g/mol. The van der Waals surface area contributed by atoms with E-state index >= 15 is 0 Å². The summed E-state index contributed by atoms with van der Waals surface area (Å²) in [5.41, 5.74) is 0.745. The molecule has 4 heteroatoms. The van der Waals surface area contributed by atoms with Gasteiger partial charge in [0, 0.05) is 12.1 Å². The molecule has 1 amide bonds. The first-order valence-corrected chi connectivity index (χ1v) is 6.62. The van der Waals surface area contributed by atoms with Gasteiger partial charge in [0.1, 0.15) is 0 Å². The van der Waals surface area contributed by atoms with Crippen LogP contribution in [0.25, 0.3) is 0 Å². The average Bonchev–Trinajstić information content (AvgIpc) is 2.86. The first-order valence-electron chi connectivity index (χ1n) is 6.62. The van der Waals surface area contributed by atoms with E-state index in [4.69, 9.17) is 0 Å². The van der Waals surface area contributed by atoms with E-state index in [1.807, 2.05) is 25.1 Å². The lowest BCUT2D eigenvalue weighted by atomic mass is 9.86. The van der Waals surface area contributed by atoms with Gasteiger partial charge in [0.25, 0.3) is 5.91 Å². The maximum absolute atomic E-state index is 12.1. The fourth-order valence-electron chi connectivity index (χ4n) is 2.69. The highest BCUT2D eigenvalue weighted by atomic mass is 16.4. The van der Waals surface area contributed by atoms with Gasteiger partial charge >= 0.3 is 5.97 Å². The van der Waals surface area contributed by atoms with Crippen molar-refractivity contribution in [2.75, 3.05) is 6.54 Å². The zero-order chi connectivity index (χ0) is 13.9. The third kappa shape index (κ3) is 2.78. The quantitative estimate of drug-likeness (QED) is 0.874. The van der Waals surface area contributed by atoms with Gasteiger partial charge in [-0.25, -0.2) is 0 Å². The van der Waals surface area contributed by atoms with E-state index in [-0.39, 0.29) is 12.5 Å². The van der Waals surface area contributed by atoms with Crippen molar-refractivity contribution in [2.24, 2.45) is 5.41 Å². The molecule has 2 rings (SSSR count). The minimum absolute atomic E-state index is 0.189. The standard InChI is InChI=1S/C15H19NO3/c1-11-6-2-3-7-12(11)13(17)16-10-15(14(18)19)8-4-5-9-15/h2-3,6-7H,4-5,8-10H2,1H3,(H,16,17)(H,18,19). The molecule has 0 atom stereocenters. The van der Waals surface area contributed by atoms with Gasteiger partial charge in [-0.05, 0) is 31.4 Å². The van der Waals surface area contributed by atoms with Crippen molar-refractivity contribution in [1.29, 1.82) is 0 Å². The molecule has 0 spiro atoms. The second-order valence-electron chi connectivity index (χ2n) is 5.29. The number of benzene rings is 1. The molecule has 0 bridgehead atoms. The molecule has 0 aliphatic heterocycles. The Bertz CT molecular complexity index is 490. The molecule has 0 unspecified atom stereocenters. The van der Waals surface area contributed by atoms with Gasteiger partial charge in [0.05, 0.1) is 5.41 Å². The molecule has 4 nitrogen and oxygen atoms in total. The zero-order valence-corrected chi connectivity index (χ0v) is 11.1. The Kier molecular flexibility index (Phi) is 3.88. The Morgan fingerprint density at radius 3 is 2.47 bits per heavy atom. The Labute approximate surface area is 112 Å². The van der Waals surface area contributed by atoms with Gasteiger partial charge in [0.2, 0.25) is 0 Å². The Morgan fingerprint density at radius 2 is 1.89 bits per heavy atom. The minimum atomic E-state index is -0.796. The van der Waals surface area contributed by atoms with E-state index in [0.29, 0.717) is 18.4 Å². The topological polar surface area (TPSA) is 66.4 Å². The van der Waals surface area contributed by atoms with Crippen molar-refractivity contribution in [3.63, 3.8) is 0 Å². The Hall–Kier alpha value is -1.84. The number of amides is 1. The molecule has 0 radical (unpaired) electrons. The predicted octanol–water partition coefficient (Wildman–Crippen LogP) is 2.37. The highest BCUT2D eigenvalue weighted by Gasteiger charge is 2.41. The maximum Gasteiger partial charge on any atom is 0.311 e. The van der Waals surface area contributed by atoms with Crippen molar-refractivity contribution >= 4 is 11.9 Å². The third-order valence-electron chi connectivity index (χ3n) is 3.99. The van der Waals surface area contributed by atoms with Crippen LogP contribution in [0.5, 0.6) is 0 Å². The molecule has 102 valence electrons. The molecule has 0 heterocycles. The van der Waals surface area contributed by atoms with Crippen molar-refractivity contribution in [2.45, 2.75) is 32.6 Å². The normalized spacial score (nSPS) is 17.1. The number of rotatable bonds is 4. The van der Waals surface area contributed by atoms with Crippen molar-refractivity contribution in [3.05, 3.63) is 35.4 Å². The van der Waals surface area contributed by atoms with Crippen LogP contribution in [-0.2, 0) is 4.79 Å². The van der Waals surface area contributed by atoms with Gasteiger partial charge in [-0.1, -0.05) is 31.0 Å². The molecule has 0 saturated heterocycles. The lowest BCUT2D eigenvalue weighted by molar-refractivity contribution is -0.148. The van der Waals surface area contributed by atoms with Crippen LogP contribution in [0.15, 0.2) is 24.3 Å². The highest BCUT2D eigenvalue weighted by molar-refractivity contribution is 5.95. The molecule has 1 aliphatic carbocycles. The van der Waals surface area contributed by atoms with E-state index < -0.39 is 11.4 Å². The van der Waals surface area contributed by atoms with Crippen LogP contribution in [-0.4, -0.2) is 23.5 Å². The number of hydrogen-bond donors (Lipinski definition) is 2. The smallest absolute Gasteiger partial charge is 0.311 e. The molecule has 1 aromatic carbocycles. The molecule has 1 aliphatic rings. The molecule has 1 saturated carbocycles. The summed E-state index contributed by atoms with van der Waals surface area (Å²) >= 11 is 0. The lowest BCUT2D eigenvalue weighted by Gasteiger charge is -2.24. The van der Waals surface area contributed by atoms with Crippen LogP contribution in [0, 0.1) is 12.3 Å². The number of carbonyl (C=O) groups excluding carboxylic acids is 1. The molecule has 2 N–H and O–H groups in total. The van der Waals surface area contributed by atoms with E-state index in [0.717, 1.165) is 18.4 Å². The summed E-state index contributed by atoms with van der Waals surface area (Å²) in [6.07, 6.45) is 3.14. The SMILES string of the molecule is Cc1ccccc1C(=O)NCC1(C(=O)O)CCCC1. The number of hydrogen-bond acceptors (Lipinski definition) is 2. The molecular formula is C15H19NO3. The first-order chi connectivity index (χ1) is 9.05. The fraction of sp³-hybridized carbons (Fsp3) is 0.467. The number of carboxylic acid groups (broad SMARTS) is 1. The van der Waals surface area contributed by atoms with Gasteiger partial charge in [-0.3, -0.25) is 9.59 Å². The van der Waals surface area contributed by atoms with Crippen LogP contribution in [0.4, 0.5) is 0 Å². The molecule has 19 heavy (non-hydrogen) atoms. The van der Waals surface area contributed by atoms with E-state index in [9.17, 15) is 14.7 Å². The van der Waals surface area contributed by atoms with E-state index in [1.165, 1.54) is 0 Å². The molecular weight excluding hydrogens is 242 g/mol. The first kappa shape index (κ1) is 13.6. The monoisotopic (exact) mass is 261 g/mol. The Morgan fingerprint density at radius 1 is 1.26 bits per heavy atom. The summed E-state index contributed by atoms with van der Waals surface area (Å²) in [6.45, 7) is 2.09. The fourth-order valence-corrected chi connectivity index (χ4v) is 2.69. The third-order valence-corrected chi connectivity index (χ3v) is 3.99. The maximum atomic E-state index is 12.1. The van der Waals surface area contributed by atoms with Crippen molar-refractivity contribution < 1.29 is 14.7 Å². The summed E-state index contributed by atoms with van der Waals surface area (Å²) in [5, 5.41) is 12.1. The zero-order valence-electron chi connectivity index (χ0n) is 11.1. The molecule has 1 fully saturated rings. The number of aryl methyl sites for hydroxylation is 1. The summed E-state index contributed by atoms with van der Waals surface area (Å²) in [4.78, 5) is 23.5. The number of carbonyl (C=O) groups is 2. The Balaban J connectivity index is 2.04. The van der Waals surface area contributed by atoms with E-state index in [2.05, 4.69) is 5.32 Å². The van der Waals surface area contributed by atoms with E-state index in [1.54, 1.807) is 6.07 Å². The van der Waals surface area contributed by atoms with Crippen LogP contribution in [0.3, 0.4) is 0 Å².